The molecule has 1 amide bonds. The van der Waals surface area contributed by atoms with E-state index in [1.807, 2.05) is 52.0 Å². The van der Waals surface area contributed by atoms with Crippen LogP contribution >= 0.6 is 11.6 Å². The quantitative estimate of drug-likeness (QED) is 0.295. The number of benzene rings is 1. The number of aliphatic hydroxyl groups excluding tert-OH is 1. The molecule has 0 aliphatic carbocycles. The molecule has 0 heterocycles. The molecule has 0 aliphatic rings. The van der Waals surface area contributed by atoms with E-state index in [-0.39, 0.29) is 24.4 Å². The Morgan fingerprint density at radius 3 is 2.37 bits per heavy atom. The van der Waals surface area contributed by atoms with E-state index in [2.05, 4.69) is 11.8 Å². The third-order valence-corrected chi connectivity index (χ3v) is 4.23. The van der Waals surface area contributed by atoms with Gasteiger partial charge in [0.1, 0.15) is 29.3 Å². The predicted octanol–water partition coefficient (Wildman–Crippen LogP) is 4.07. The molecular weight excluding hydrogens is 368 g/mol. The van der Waals surface area contributed by atoms with E-state index >= 15 is 0 Å². The lowest BCUT2D eigenvalue weighted by Gasteiger charge is -2.30. The first-order valence-electron chi connectivity index (χ1n) is 8.80. The first-order chi connectivity index (χ1) is 12.6. The summed E-state index contributed by atoms with van der Waals surface area (Å²) in [5.41, 5.74) is 0.352. The second-order valence-electron chi connectivity index (χ2n) is 7.06. The third kappa shape index (κ3) is 6.88. The summed E-state index contributed by atoms with van der Waals surface area (Å²) in [4.78, 5) is 12.5. The van der Waals surface area contributed by atoms with Crippen LogP contribution in [0.1, 0.15) is 46.6 Å². The number of hydrogen-bond acceptors (Lipinski definition) is 5. The maximum atomic E-state index is 12.5. The van der Waals surface area contributed by atoms with Crippen molar-refractivity contribution in [3.8, 4) is 5.75 Å². The average molecular weight is 397 g/mol. The van der Waals surface area contributed by atoms with Crippen molar-refractivity contribution in [1.82, 2.24) is 5.01 Å². The normalized spacial score (nSPS) is 13.4. The van der Waals surface area contributed by atoms with Gasteiger partial charge in [-0.15, -0.1) is 0 Å². The van der Waals surface area contributed by atoms with Gasteiger partial charge in [-0.05, 0) is 51.8 Å². The number of carbonyl (C=O) groups is 1. The van der Waals surface area contributed by atoms with Crippen LogP contribution in [0.15, 0.2) is 40.2 Å². The molecule has 1 aromatic rings. The van der Waals surface area contributed by atoms with Crippen molar-refractivity contribution >= 4 is 24.2 Å². The van der Waals surface area contributed by atoms with E-state index < -0.39 is 11.4 Å². The van der Waals surface area contributed by atoms with Crippen molar-refractivity contribution in [2.45, 2.75) is 59.3 Å². The number of aliphatic hydroxyl groups is 1. The van der Waals surface area contributed by atoms with E-state index in [1.54, 1.807) is 6.92 Å². The van der Waals surface area contributed by atoms with Crippen LogP contribution in [-0.4, -0.2) is 41.0 Å². The fourth-order valence-electron chi connectivity index (χ4n) is 2.19. The van der Waals surface area contributed by atoms with Crippen molar-refractivity contribution in [3.05, 3.63) is 40.6 Å². The molecule has 0 bridgehead atoms. The number of hydrogen-bond donors (Lipinski definition) is 1. The van der Waals surface area contributed by atoms with Crippen molar-refractivity contribution in [3.63, 3.8) is 0 Å². The monoisotopic (exact) mass is 396 g/mol. The fraction of sp³-hybridized carbons (Fsp3) is 0.500. The Balaban J connectivity index is 2.74. The van der Waals surface area contributed by atoms with Crippen molar-refractivity contribution in [2.75, 3.05) is 6.61 Å². The van der Waals surface area contributed by atoms with Crippen molar-refractivity contribution in [1.29, 1.82) is 0 Å². The van der Waals surface area contributed by atoms with E-state index in [1.165, 1.54) is 5.01 Å². The van der Waals surface area contributed by atoms with E-state index in [4.69, 9.17) is 21.1 Å². The number of rotatable bonds is 9. The molecule has 0 saturated heterocycles. The van der Waals surface area contributed by atoms with Gasteiger partial charge >= 0.3 is 0 Å². The molecule has 0 radical (unpaired) electrons. The standard InChI is InChI=1S/C20H29ClN2O4/c1-7-16(12-24)27-17-10-8-15(9-11-17)13-26-14(2)18(21)19(25)23(22-6)20(3,4)5/h8-11,16,24H,6-7,12-13H2,1-5H3/b18-14-. The fourth-order valence-corrected chi connectivity index (χ4v) is 2.32. The summed E-state index contributed by atoms with van der Waals surface area (Å²) in [5, 5.41) is 14.1. The molecule has 0 saturated carbocycles. The Bertz CT molecular complexity index is 662. The lowest BCUT2D eigenvalue weighted by molar-refractivity contribution is -0.131. The van der Waals surface area contributed by atoms with Crippen LogP contribution < -0.4 is 4.74 Å². The molecule has 6 nitrogen and oxygen atoms in total. The van der Waals surface area contributed by atoms with Gasteiger partial charge in [-0.2, -0.15) is 5.10 Å². The molecule has 0 aliphatic heterocycles. The van der Waals surface area contributed by atoms with Crippen LogP contribution in [0.2, 0.25) is 0 Å². The lowest BCUT2D eigenvalue weighted by Crippen LogP contribution is -2.41. The summed E-state index contributed by atoms with van der Waals surface area (Å²) in [6.45, 7) is 12.8. The number of amides is 1. The highest BCUT2D eigenvalue weighted by Crippen LogP contribution is 2.22. The molecule has 0 fully saturated rings. The van der Waals surface area contributed by atoms with Crippen LogP contribution in [0.4, 0.5) is 0 Å². The summed E-state index contributed by atoms with van der Waals surface area (Å²) in [7, 11) is 0. The minimum Gasteiger partial charge on any atom is -0.492 e. The molecule has 27 heavy (non-hydrogen) atoms. The molecule has 0 spiro atoms. The molecule has 1 unspecified atom stereocenters. The van der Waals surface area contributed by atoms with Gasteiger partial charge in [-0.25, -0.2) is 5.01 Å². The lowest BCUT2D eigenvalue weighted by atomic mass is 10.1. The Labute approximate surface area is 166 Å². The highest BCUT2D eigenvalue weighted by molar-refractivity contribution is 6.42. The zero-order chi connectivity index (χ0) is 20.6. The van der Waals surface area contributed by atoms with Gasteiger partial charge in [0.05, 0.1) is 12.1 Å². The summed E-state index contributed by atoms with van der Waals surface area (Å²) in [5.74, 6) is 0.527. The van der Waals surface area contributed by atoms with Crippen molar-refractivity contribution < 1.29 is 19.4 Å². The second kappa shape index (κ2) is 10.3. The molecule has 7 heteroatoms. The number of hydrazone groups is 1. The smallest absolute Gasteiger partial charge is 0.289 e. The number of nitrogens with zero attached hydrogens (tertiary/aromatic N) is 2. The van der Waals surface area contributed by atoms with Gasteiger partial charge in [-0.3, -0.25) is 4.79 Å². The van der Waals surface area contributed by atoms with Gasteiger partial charge < -0.3 is 14.6 Å². The molecule has 150 valence electrons. The van der Waals surface area contributed by atoms with E-state index in [9.17, 15) is 9.90 Å². The van der Waals surface area contributed by atoms with Crippen molar-refractivity contribution in [2.24, 2.45) is 5.10 Å². The highest BCUT2D eigenvalue weighted by atomic mass is 35.5. The Hall–Kier alpha value is -2.05. The largest absolute Gasteiger partial charge is 0.492 e. The maximum Gasteiger partial charge on any atom is 0.289 e. The Morgan fingerprint density at radius 2 is 1.93 bits per heavy atom. The van der Waals surface area contributed by atoms with Crippen LogP contribution in [0.5, 0.6) is 5.75 Å². The van der Waals surface area contributed by atoms with Gasteiger partial charge in [0.15, 0.2) is 0 Å². The number of halogens is 1. The summed E-state index contributed by atoms with van der Waals surface area (Å²) >= 11 is 6.17. The summed E-state index contributed by atoms with van der Waals surface area (Å²) in [6, 6.07) is 7.34. The average Bonchev–Trinajstić information content (AvgIpc) is 2.63. The van der Waals surface area contributed by atoms with E-state index in [0.717, 1.165) is 12.0 Å². The van der Waals surface area contributed by atoms with Crippen LogP contribution in [0.25, 0.3) is 0 Å². The Morgan fingerprint density at radius 1 is 1.33 bits per heavy atom. The van der Waals surface area contributed by atoms with E-state index in [0.29, 0.717) is 11.5 Å². The molecular formula is C20H29ClN2O4. The SMILES string of the molecule is C=NN(C(=O)/C(Cl)=C(\C)OCc1ccc(OC(CC)CO)cc1)C(C)(C)C. The molecule has 1 rings (SSSR count). The number of ether oxygens (including phenoxy) is 2. The highest BCUT2D eigenvalue weighted by Gasteiger charge is 2.29. The molecule has 1 N–H and O–H groups in total. The number of carbonyl (C=O) groups excluding carboxylic acids is 1. The Kier molecular flexibility index (Phi) is 8.79. The van der Waals surface area contributed by atoms with Gasteiger partial charge in [0.2, 0.25) is 0 Å². The van der Waals surface area contributed by atoms with Gasteiger partial charge in [-0.1, -0.05) is 30.7 Å². The predicted molar refractivity (Wildman–Crippen MR) is 108 cm³/mol. The molecule has 1 aromatic carbocycles. The van der Waals surface area contributed by atoms with Crippen LogP contribution in [-0.2, 0) is 16.1 Å². The maximum absolute atomic E-state index is 12.5. The first-order valence-corrected chi connectivity index (χ1v) is 9.18. The zero-order valence-electron chi connectivity index (χ0n) is 16.7. The van der Waals surface area contributed by atoms with Gasteiger partial charge in [0.25, 0.3) is 5.91 Å². The summed E-state index contributed by atoms with van der Waals surface area (Å²) < 4.78 is 11.3. The minimum atomic E-state index is -0.542. The molecule has 1 atom stereocenters. The first kappa shape index (κ1) is 23.0. The number of allylic oxidation sites excluding steroid dienone is 1. The van der Waals surface area contributed by atoms with Gasteiger partial charge in [0, 0.05) is 6.72 Å². The minimum absolute atomic E-state index is 0.0248. The second-order valence-corrected chi connectivity index (χ2v) is 7.44. The summed E-state index contributed by atoms with van der Waals surface area (Å²) in [6.07, 6.45) is 0.509. The molecule has 0 aromatic heterocycles. The third-order valence-electron chi connectivity index (χ3n) is 3.81. The van der Waals surface area contributed by atoms with Crippen LogP contribution in [0.3, 0.4) is 0 Å². The topological polar surface area (TPSA) is 71.4 Å². The van der Waals surface area contributed by atoms with Crippen LogP contribution in [0, 0.1) is 0 Å². The zero-order valence-corrected chi connectivity index (χ0v) is 17.4.